The monoisotopic (exact) mass is 519 g/mol. The van der Waals surface area contributed by atoms with Gasteiger partial charge in [0.15, 0.2) is 5.96 Å². The van der Waals surface area contributed by atoms with E-state index in [4.69, 9.17) is 5.73 Å². The van der Waals surface area contributed by atoms with E-state index in [0.717, 1.165) is 82.9 Å². The van der Waals surface area contributed by atoms with Crippen molar-refractivity contribution in [1.82, 2.24) is 15.5 Å². The molecule has 0 spiro atoms. The first-order chi connectivity index (χ1) is 13.6. The van der Waals surface area contributed by atoms with Crippen LogP contribution in [0.15, 0.2) is 29.3 Å². The van der Waals surface area contributed by atoms with E-state index in [1.165, 1.54) is 12.1 Å². The molecule has 1 aromatic rings. The summed E-state index contributed by atoms with van der Waals surface area (Å²) in [6.45, 7) is 7.38. The molecule has 0 unspecified atom stereocenters. The number of guanidine groups is 1. The van der Waals surface area contributed by atoms with E-state index in [-0.39, 0.29) is 41.6 Å². The summed E-state index contributed by atoms with van der Waals surface area (Å²) in [6, 6.07) is 6.61. The van der Waals surface area contributed by atoms with E-state index in [2.05, 4.69) is 20.5 Å². The Labute approximate surface area is 190 Å². The lowest BCUT2D eigenvalue weighted by Gasteiger charge is -2.30. The number of nitrogens with zero attached hydrogens (tertiary/aromatic N) is 2. The molecule has 1 aliphatic rings. The number of likely N-dealkylation sites (tertiary alicyclic amines) is 1. The summed E-state index contributed by atoms with van der Waals surface area (Å²) in [6.07, 6.45) is 4.72. The fourth-order valence-electron chi connectivity index (χ4n) is 3.40. The van der Waals surface area contributed by atoms with Gasteiger partial charge in [-0.1, -0.05) is 12.1 Å². The minimum absolute atomic E-state index is 0. The van der Waals surface area contributed by atoms with Gasteiger partial charge in [0, 0.05) is 25.6 Å². The molecule has 1 saturated heterocycles. The van der Waals surface area contributed by atoms with Crippen molar-refractivity contribution in [2.75, 3.05) is 39.3 Å². The molecule has 0 bridgehead atoms. The van der Waals surface area contributed by atoms with Gasteiger partial charge in [0.05, 0.1) is 0 Å². The van der Waals surface area contributed by atoms with E-state index in [1.807, 2.05) is 19.1 Å². The number of nitrogens with one attached hydrogen (secondary N) is 2. The standard InChI is InChI=1S/C21H34FN5O.HI/c1-2-24-21(26-13-9-17-5-7-19(22)8-6-17)25-12-3-4-14-27-15-10-18(11-16-27)20(23)28;/h5-8,18H,2-4,9-16H2,1H3,(H2,23,28)(H2,24,25,26);1H. The van der Waals surface area contributed by atoms with E-state index in [9.17, 15) is 9.18 Å². The number of carbonyl (C=O) groups excluding carboxylic acids is 1. The molecule has 1 amide bonds. The lowest BCUT2D eigenvalue weighted by atomic mass is 9.96. The zero-order chi connectivity index (χ0) is 20.2. The number of benzene rings is 1. The van der Waals surface area contributed by atoms with Crippen LogP contribution in [0.4, 0.5) is 4.39 Å². The maximum atomic E-state index is 12.9. The summed E-state index contributed by atoms with van der Waals surface area (Å²) < 4.78 is 12.9. The molecular weight excluding hydrogens is 484 g/mol. The van der Waals surface area contributed by atoms with Crippen LogP contribution in [0.5, 0.6) is 0 Å². The summed E-state index contributed by atoms with van der Waals surface area (Å²) in [5.41, 5.74) is 6.48. The number of piperidine rings is 1. The van der Waals surface area contributed by atoms with Crippen molar-refractivity contribution in [2.45, 2.75) is 39.0 Å². The van der Waals surface area contributed by atoms with Crippen LogP contribution in [-0.2, 0) is 11.2 Å². The van der Waals surface area contributed by atoms with E-state index < -0.39 is 0 Å². The largest absolute Gasteiger partial charge is 0.369 e. The number of halogens is 2. The van der Waals surface area contributed by atoms with Crippen LogP contribution >= 0.6 is 24.0 Å². The quantitative estimate of drug-likeness (QED) is 0.192. The first kappa shape index (κ1) is 25.6. The molecule has 0 saturated carbocycles. The van der Waals surface area contributed by atoms with Gasteiger partial charge in [-0.15, -0.1) is 24.0 Å². The lowest BCUT2D eigenvalue weighted by Crippen LogP contribution is -2.39. The summed E-state index contributed by atoms with van der Waals surface area (Å²) >= 11 is 0. The third kappa shape index (κ3) is 10.3. The molecule has 164 valence electrons. The first-order valence-electron chi connectivity index (χ1n) is 10.4. The summed E-state index contributed by atoms with van der Waals surface area (Å²) in [5.74, 6) is 0.525. The van der Waals surface area contributed by atoms with E-state index >= 15 is 0 Å². The highest BCUT2D eigenvalue weighted by atomic mass is 127. The molecule has 2 rings (SSSR count). The number of rotatable bonds is 10. The van der Waals surface area contributed by atoms with Gasteiger partial charge >= 0.3 is 0 Å². The normalized spacial score (nSPS) is 15.6. The Morgan fingerprint density at radius 3 is 2.52 bits per heavy atom. The molecule has 6 nitrogen and oxygen atoms in total. The van der Waals surface area contributed by atoms with Crippen molar-refractivity contribution in [3.63, 3.8) is 0 Å². The highest BCUT2D eigenvalue weighted by molar-refractivity contribution is 14.0. The smallest absolute Gasteiger partial charge is 0.220 e. The van der Waals surface area contributed by atoms with Crippen LogP contribution in [0.25, 0.3) is 0 Å². The van der Waals surface area contributed by atoms with Gasteiger partial charge in [0.2, 0.25) is 5.91 Å². The fraction of sp³-hybridized carbons (Fsp3) is 0.619. The van der Waals surface area contributed by atoms with Gasteiger partial charge in [-0.2, -0.15) is 0 Å². The van der Waals surface area contributed by atoms with E-state index in [1.54, 1.807) is 0 Å². The number of aliphatic imine (C=N–C) groups is 1. The number of unbranched alkanes of at least 4 members (excludes halogenated alkanes) is 1. The summed E-state index contributed by atoms with van der Waals surface area (Å²) in [4.78, 5) is 18.3. The molecule has 0 radical (unpaired) electrons. The molecule has 1 aromatic carbocycles. The number of primary amides is 1. The van der Waals surface area contributed by atoms with Gasteiger partial charge in [0.1, 0.15) is 5.82 Å². The molecule has 0 aliphatic carbocycles. The molecule has 1 fully saturated rings. The predicted molar refractivity (Wildman–Crippen MR) is 127 cm³/mol. The molecule has 8 heteroatoms. The van der Waals surface area contributed by atoms with Gasteiger partial charge in [-0.25, -0.2) is 4.39 Å². The van der Waals surface area contributed by atoms with Crippen LogP contribution in [0.3, 0.4) is 0 Å². The fourth-order valence-corrected chi connectivity index (χ4v) is 3.40. The number of hydrogen-bond donors (Lipinski definition) is 3. The Morgan fingerprint density at radius 2 is 1.90 bits per heavy atom. The Kier molecular flexibility index (Phi) is 12.8. The molecule has 29 heavy (non-hydrogen) atoms. The maximum Gasteiger partial charge on any atom is 0.220 e. The second-order valence-electron chi connectivity index (χ2n) is 7.29. The van der Waals surface area contributed by atoms with Crippen LogP contribution in [-0.4, -0.2) is 56.0 Å². The van der Waals surface area contributed by atoms with Crippen molar-refractivity contribution < 1.29 is 9.18 Å². The molecule has 1 heterocycles. The highest BCUT2D eigenvalue weighted by Crippen LogP contribution is 2.16. The Balaban J connectivity index is 0.00000420. The number of amides is 1. The van der Waals surface area contributed by atoms with Crippen molar-refractivity contribution in [3.05, 3.63) is 35.6 Å². The van der Waals surface area contributed by atoms with E-state index in [0.29, 0.717) is 0 Å². The van der Waals surface area contributed by atoms with Crippen molar-refractivity contribution in [3.8, 4) is 0 Å². The Morgan fingerprint density at radius 1 is 1.21 bits per heavy atom. The molecule has 1 aliphatic heterocycles. The zero-order valence-electron chi connectivity index (χ0n) is 17.3. The topological polar surface area (TPSA) is 82.8 Å². The average molecular weight is 519 g/mol. The third-order valence-electron chi connectivity index (χ3n) is 5.11. The van der Waals surface area contributed by atoms with Crippen LogP contribution in [0.1, 0.15) is 38.2 Å². The van der Waals surface area contributed by atoms with Gasteiger partial charge in [-0.3, -0.25) is 9.79 Å². The van der Waals surface area contributed by atoms with Crippen molar-refractivity contribution in [1.29, 1.82) is 0 Å². The van der Waals surface area contributed by atoms with Gasteiger partial charge in [0.25, 0.3) is 0 Å². The molecule has 4 N–H and O–H groups in total. The van der Waals surface area contributed by atoms with Crippen molar-refractivity contribution >= 4 is 35.8 Å². The average Bonchev–Trinajstić information content (AvgIpc) is 2.69. The maximum absolute atomic E-state index is 12.9. The summed E-state index contributed by atoms with van der Waals surface area (Å²) in [5, 5.41) is 6.59. The highest BCUT2D eigenvalue weighted by Gasteiger charge is 2.22. The number of carbonyl (C=O) groups is 1. The second kappa shape index (κ2) is 14.5. The van der Waals surface area contributed by atoms with Crippen LogP contribution in [0.2, 0.25) is 0 Å². The minimum Gasteiger partial charge on any atom is -0.369 e. The van der Waals surface area contributed by atoms with Gasteiger partial charge < -0.3 is 21.3 Å². The number of nitrogens with two attached hydrogens (primary N) is 1. The minimum atomic E-state index is -0.205. The number of hydrogen-bond acceptors (Lipinski definition) is 3. The second-order valence-corrected chi connectivity index (χ2v) is 7.29. The summed E-state index contributed by atoms with van der Waals surface area (Å²) in [7, 11) is 0. The Hall–Kier alpha value is -1.42. The predicted octanol–water partition coefficient (Wildman–Crippen LogP) is 2.52. The van der Waals surface area contributed by atoms with Gasteiger partial charge in [-0.05, 0) is 76.4 Å². The van der Waals surface area contributed by atoms with Crippen molar-refractivity contribution in [2.24, 2.45) is 16.6 Å². The van der Waals surface area contributed by atoms with Crippen LogP contribution in [0, 0.1) is 11.7 Å². The molecule has 0 aromatic heterocycles. The SMILES string of the molecule is CCNC(=NCCCCN1CCC(C(N)=O)CC1)NCCc1ccc(F)cc1.I. The Bertz CT molecular complexity index is 618. The third-order valence-corrected chi connectivity index (χ3v) is 5.11. The lowest BCUT2D eigenvalue weighted by molar-refractivity contribution is -0.123. The zero-order valence-corrected chi connectivity index (χ0v) is 19.7. The molecule has 0 atom stereocenters. The first-order valence-corrected chi connectivity index (χ1v) is 10.4. The molecular formula is C21H35FIN5O. The van der Waals surface area contributed by atoms with Crippen LogP contribution < -0.4 is 16.4 Å².